The van der Waals surface area contributed by atoms with Crippen molar-refractivity contribution in [2.24, 2.45) is 0 Å². The summed E-state index contributed by atoms with van der Waals surface area (Å²) in [7, 11) is -3.59. The van der Waals surface area contributed by atoms with E-state index in [1.165, 1.54) is 10.2 Å². The summed E-state index contributed by atoms with van der Waals surface area (Å²) in [6.07, 6.45) is 3.52. The minimum absolute atomic E-state index is 0.141. The summed E-state index contributed by atoms with van der Waals surface area (Å²) in [5.41, 5.74) is 1.20. The zero-order chi connectivity index (χ0) is 18.3. The summed E-state index contributed by atoms with van der Waals surface area (Å²) < 4.78 is 14.0. The lowest BCUT2D eigenvalue weighted by atomic mass is 10.1. The van der Waals surface area contributed by atoms with Crippen LogP contribution in [0.2, 0.25) is 0 Å². The molecule has 0 saturated carbocycles. The Bertz CT molecular complexity index is 637. The standard InChI is InChI=1S/C17H25N2O5P/c20-16(21)13-18-17(22)15-10-6-11-19(15)25(23,24)12-5-4-9-14-7-2-1-3-8-14/h1-3,7-8,15H,4-6,9-13H2,(H,18,22)(H,20,21)(H,23,24)/t15-/m0/s1. The highest BCUT2D eigenvalue weighted by Gasteiger charge is 2.40. The smallest absolute Gasteiger partial charge is 0.322 e. The fraction of sp³-hybridized carbons (Fsp3) is 0.529. The van der Waals surface area contributed by atoms with E-state index in [2.05, 4.69) is 5.32 Å². The Labute approximate surface area is 147 Å². The van der Waals surface area contributed by atoms with E-state index in [9.17, 15) is 19.0 Å². The Morgan fingerprint density at radius 1 is 1.24 bits per heavy atom. The zero-order valence-electron chi connectivity index (χ0n) is 14.1. The number of carbonyl (C=O) groups excluding carboxylic acids is 1. The highest BCUT2D eigenvalue weighted by atomic mass is 31.2. The van der Waals surface area contributed by atoms with Gasteiger partial charge >= 0.3 is 5.97 Å². The lowest BCUT2D eigenvalue weighted by molar-refractivity contribution is -0.138. The number of amides is 1. The van der Waals surface area contributed by atoms with Gasteiger partial charge in [0.2, 0.25) is 5.91 Å². The molecule has 0 bridgehead atoms. The molecule has 1 aromatic rings. The molecule has 2 rings (SSSR count). The van der Waals surface area contributed by atoms with E-state index in [0.29, 0.717) is 25.8 Å². The second kappa shape index (κ2) is 9.13. The number of aliphatic carboxylic acids is 1. The van der Waals surface area contributed by atoms with Crippen molar-refractivity contribution in [3.63, 3.8) is 0 Å². The quantitative estimate of drug-likeness (QED) is 0.454. The second-order valence-electron chi connectivity index (χ2n) is 6.26. The third-order valence-electron chi connectivity index (χ3n) is 4.35. The molecular formula is C17H25N2O5P. The molecule has 1 aliphatic rings. The molecule has 1 aromatic carbocycles. The number of nitrogens with zero attached hydrogens (tertiary/aromatic N) is 1. The van der Waals surface area contributed by atoms with Crippen LogP contribution >= 0.6 is 7.52 Å². The average molecular weight is 368 g/mol. The minimum atomic E-state index is -3.59. The Morgan fingerprint density at radius 2 is 1.96 bits per heavy atom. The molecule has 0 spiro atoms. The van der Waals surface area contributed by atoms with Crippen LogP contribution in [0.3, 0.4) is 0 Å². The van der Waals surface area contributed by atoms with Crippen molar-refractivity contribution in [3.8, 4) is 0 Å². The van der Waals surface area contributed by atoms with Gasteiger partial charge in [-0.25, -0.2) is 4.67 Å². The summed E-state index contributed by atoms with van der Waals surface area (Å²) in [6, 6.07) is 9.23. The molecule has 7 nitrogen and oxygen atoms in total. The SMILES string of the molecule is O=C(O)CNC(=O)[C@@H]1CCCN1P(=O)(O)CCCCc1ccccc1. The van der Waals surface area contributed by atoms with Crippen LogP contribution in [0, 0.1) is 0 Å². The van der Waals surface area contributed by atoms with Gasteiger partial charge in [-0.1, -0.05) is 30.3 Å². The van der Waals surface area contributed by atoms with E-state index in [4.69, 9.17) is 5.11 Å². The summed E-state index contributed by atoms with van der Waals surface area (Å²) in [5.74, 6) is -1.62. The number of carboxylic acids is 1. The van der Waals surface area contributed by atoms with E-state index < -0.39 is 32.0 Å². The minimum Gasteiger partial charge on any atom is -0.480 e. The number of carboxylic acid groups (broad SMARTS) is 1. The molecule has 1 amide bonds. The van der Waals surface area contributed by atoms with Gasteiger partial charge in [0.1, 0.15) is 6.54 Å². The Hall–Kier alpha value is -1.69. The van der Waals surface area contributed by atoms with Crippen LogP contribution in [0.15, 0.2) is 30.3 Å². The van der Waals surface area contributed by atoms with Gasteiger partial charge in [-0.3, -0.25) is 14.2 Å². The van der Waals surface area contributed by atoms with Crippen molar-refractivity contribution < 1.29 is 24.2 Å². The predicted octanol–water partition coefficient (Wildman–Crippen LogP) is 1.86. The van der Waals surface area contributed by atoms with Crippen molar-refractivity contribution in [1.82, 2.24) is 9.99 Å². The molecule has 25 heavy (non-hydrogen) atoms. The second-order valence-corrected chi connectivity index (χ2v) is 8.55. The molecule has 1 saturated heterocycles. The van der Waals surface area contributed by atoms with E-state index in [1.807, 2.05) is 30.3 Å². The first-order chi connectivity index (χ1) is 11.9. The van der Waals surface area contributed by atoms with Crippen LogP contribution in [0.25, 0.3) is 0 Å². The molecule has 0 aliphatic carbocycles. The first-order valence-corrected chi connectivity index (χ1v) is 10.3. The van der Waals surface area contributed by atoms with Crippen molar-refractivity contribution in [1.29, 1.82) is 0 Å². The van der Waals surface area contributed by atoms with Crippen LogP contribution in [0.1, 0.15) is 31.2 Å². The number of rotatable bonds is 9. The lowest BCUT2D eigenvalue weighted by Crippen LogP contribution is -2.43. The van der Waals surface area contributed by atoms with Gasteiger partial charge in [-0.05, 0) is 37.7 Å². The van der Waals surface area contributed by atoms with Gasteiger partial charge in [0, 0.05) is 12.7 Å². The predicted molar refractivity (Wildman–Crippen MR) is 94.4 cm³/mol. The molecule has 0 aromatic heterocycles. The number of carbonyl (C=O) groups is 2. The topological polar surface area (TPSA) is 107 Å². The first kappa shape index (κ1) is 19.6. The van der Waals surface area contributed by atoms with Crippen LogP contribution in [0.4, 0.5) is 0 Å². The molecular weight excluding hydrogens is 343 g/mol. The van der Waals surface area contributed by atoms with Crippen LogP contribution in [-0.2, 0) is 20.6 Å². The zero-order valence-corrected chi connectivity index (χ0v) is 15.0. The number of benzene rings is 1. The Balaban J connectivity index is 1.83. The monoisotopic (exact) mass is 368 g/mol. The molecule has 1 heterocycles. The van der Waals surface area contributed by atoms with Crippen LogP contribution in [-0.4, -0.2) is 51.8 Å². The third kappa shape index (κ3) is 5.96. The molecule has 1 unspecified atom stereocenters. The molecule has 1 fully saturated rings. The molecule has 2 atom stereocenters. The Kier molecular flexibility index (Phi) is 7.17. The van der Waals surface area contributed by atoms with Gasteiger partial charge in [-0.15, -0.1) is 0 Å². The average Bonchev–Trinajstić information content (AvgIpc) is 3.08. The van der Waals surface area contributed by atoms with Crippen LogP contribution < -0.4 is 5.32 Å². The molecule has 0 radical (unpaired) electrons. The fourth-order valence-corrected chi connectivity index (χ4v) is 5.09. The van der Waals surface area contributed by atoms with Crippen molar-refractivity contribution in [2.45, 2.75) is 38.1 Å². The highest BCUT2D eigenvalue weighted by Crippen LogP contribution is 2.50. The maximum absolute atomic E-state index is 12.7. The van der Waals surface area contributed by atoms with Gasteiger partial charge in [0.05, 0.1) is 6.04 Å². The van der Waals surface area contributed by atoms with E-state index >= 15 is 0 Å². The summed E-state index contributed by atoms with van der Waals surface area (Å²) in [4.78, 5) is 33.0. The largest absolute Gasteiger partial charge is 0.480 e. The number of nitrogens with one attached hydrogen (secondary N) is 1. The van der Waals surface area contributed by atoms with Gasteiger partial charge in [0.25, 0.3) is 7.52 Å². The maximum atomic E-state index is 12.7. The Morgan fingerprint density at radius 3 is 2.64 bits per heavy atom. The number of hydrogen-bond donors (Lipinski definition) is 3. The van der Waals surface area contributed by atoms with Gasteiger partial charge in [0.15, 0.2) is 0 Å². The normalized spacial score (nSPS) is 20.1. The molecule has 138 valence electrons. The van der Waals surface area contributed by atoms with Crippen molar-refractivity contribution >= 4 is 19.4 Å². The van der Waals surface area contributed by atoms with Crippen molar-refractivity contribution in [2.75, 3.05) is 19.3 Å². The highest BCUT2D eigenvalue weighted by molar-refractivity contribution is 7.55. The van der Waals surface area contributed by atoms with E-state index in [0.717, 1.165) is 12.8 Å². The van der Waals surface area contributed by atoms with Gasteiger partial charge < -0.3 is 15.3 Å². The summed E-state index contributed by atoms with van der Waals surface area (Å²) in [5, 5.41) is 10.9. The maximum Gasteiger partial charge on any atom is 0.322 e. The van der Waals surface area contributed by atoms with E-state index in [1.54, 1.807) is 0 Å². The number of hydrogen-bond acceptors (Lipinski definition) is 3. The third-order valence-corrected chi connectivity index (χ3v) is 6.53. The fourth-order valence-electron chi connectivity index (χ4n) is 3.09. The lowest BCUT2D eigenvalue weighted by Gasteiger charge is -2.28. The van der Waals surface area contributed by atoms with Crippen LogP contribution in [0.5, 0.6) is 0 Å². The van der Waals surface area contributed by atoms with Gasteiger partial charge in [-0.2, -0.15) is 0 Å². The summed E-state index contributed by atoms with van der Waals surface area (Å²) in [6.45, 7) is -0.0897. The number of aryl methyl sites for hydroxylation is 1. The molecule has 1 aliphatic heterocycles. The summed E-state index contributed by atoms with van der Waals surface area (Å²) >= 11 is 0. The van der Waals surface area contributed by atoms with E-state index in [-0.39, 0.29) is 6.16 Å². The molecule has 3 N–H and O–H groups in total. The van der Waals surface area contributed by atoms with Crippen molar-refractivity contribution in [3.05, 3.63) is 35.9 Å². The first-order valence-electron chi connectivity index (χ1n) is 8.52. The molecule has 8 heteroatoms. The number of unbranched alkanes of at least 4 members (excludes halogenated alkanes) is 1.